The lowest BCUT2D eigenvalue weighted by atomic mass is 10.2. The number of ether oxygens (including phenoxy) is 2. The van der Waals surface area contributed by atoms with Gasteiger partial charge < -0.3 is 14.8 Å². The predicted molar refractivity (Wildman–Crippen MR) is 124 cm³/mol. The van der Waals surface area contributed by atoms with E-state index in [1.165, 1.54) is 43.2 Å². The standard InChI is InChI=1S/C25H24FN3O4/c1-17-3-5-18(6-4-17)16-33-22-12-7-19(13-23(22)32-2)15-27-29-25(31)14-24(30)28-21-10-8-20(26)9-11-21/h3-13,15H,14,16H2,1-2H3,(H,28,30)(H,29,31). The molecule has 3 aromatic carbocycles. The van der Waals surface area contributed by atoms with Crippen LogP contribution in [0.2, 0.25) is 0 Å². The van der Waals surface area contributed by atoms with Gasteiger partial charge >= 0.3 is 0 Å². The van der Waals surface area contributed by atoms with E-state index < -0.39 is 24.1 Å². The molecule has 3 aromatic rings. The largest absolute Gasteiger partial charge is 0.493 e. The molecule has 0 fully saturated rings. The van der Waals surface area contributed by atoms with Gasteiger partial charge in [-0.05, 0) is 60.5 Å². The van der Waals surface area contributed by atoms with Crippen molar-refractivity contribution in [2.75, 3.05) is 12.4 Å². The van der Waals surface area contributed by atoms with Gasteiger partial charge in [-0.25, -0.2) is 9.82 Å². The molecular weight excluding hydrogens is 425 g/mol. The van der Waals surface area contributed by atoms with E-state index in [1.807, 2.05) is 31.2 Å². The first-order valence-electron chi connectivity index (χ1n) is 10.2. The summed E-state index contributed by atoms with van der Waals surface area (Å²) >= 11 is 0. The van der Waals surface area contributed by atoms with E-state index in [9.17, 15) is 14.0 Å². The van der Waals surface area contributed by atoms with Crippen LogP contribution in [0.5, 0.6) is 11.5 Å². The Hall–Kier alpha value is -4.20. The second-order valence-electron chi connectivity index (χ2n) is 7.21. The number of halogens is 1. The maximum Gasteiger partial charge on any atom is 0.249 e. The van der Waals surface area contributed by atoms with Crippen molar-refractivity contribution >= 4 is 23.7 Å². The number of anilines is 1. The molecule has 0 bridgehead atoms. The van der Waals surface area contributed by atoms with Gasteiger partial charge in [-0.15, -0.1) is 0 Å². The fourth-order valence-corrected chi connectivity index (χ4v) is 2.83. The van der Waals surface area contributed by atoms with Crippen molar-refractivity contribution in [3.63, 3.8) is 0 Å². The molecule has 0 saturated heterocycles. The summed E-state index contributed by atoms with van der Waals surface area (Å²) in [7, 11) is 1.54. The number of hydrazone groups is 1. The van der Waals surface area contributed by atoms with Crippen LogP contribution in [0.4, 0.5) is 10.1 Å². The molecule has 0 radical (unpaired) electrons. The lowest BCUT2D eigenvalue weighted by molar-refractivity contribution is -0.126. The van der Waals surface area contributed by atoms with Crippen LogP contribution in [-0.4, -0.2) is 25.1 Å². The third-order valence-corrected chi connectivity index (χ3v) is 4.55. The maximum absolute atomic E-state index is 12.9. The number of carbonyl (C=O) groups excluding carboxylic acids is 2. The maximum atomic E-state index is 12.9. The molecule has 2 N–H and O–H groups in total. The van der Waals surface area contributed by atoms with Gasteiger partial charge in [-0.2, -0.15) is 5.10 Å². The van der Waals surface area contributed by atoms with Crippen molar-refractivity contribution in [1.29, 1.82) is 0 Å². The van der Waals surface area contributed by atoms with E-state index >= 15 is 0 Å². The molecule has 0 heterocycles. The minimum absolute atomic E-state index is 0.398. The first kappa shape index (κ1) is 23.5. The fraction of sp³-hybridized carbons (Fsp3) is 0.160. The molecule has 0 aliphatic rings. The zero-order valence-corrected chi connectivity index (χ0v) is 18.3. The summed E-state index contributed by atoms with van der Waals surface area (Å²) in [6.45, 7) is 2.43. The van der Waals surface area contributed by atoms with Crippen molar-refractivity contribution in [3.8, 4) is 11.5 Å². The number of nitrogens with zero attached hydrogens (tertiary/aromatic N) is 1. The SMILES string of the molecule is COc1cc(C=NNC(=O)CC(=O)Nc2ccc(F)cc2)ccc1OCc1ccc(C)cc1. The van der Waals surface area contributed by atoms with Crippen LogP contribution in [0, 0.1) is 12.7 Å². The fourth-order valence-electron chi connectivity index (χ4n) is 2.83. The molecular formula is C25H24FN3O4. The summed E-state index contributed by atoms with van der Waals surface area (Å²) in [6, 6.07) is 18.6. The first-order chi connectivity index (χ1) is 15.9. The van der Waals surface area contributed by atoms with Crippen molar-refractivity contribution in [3.05, 3.63) is 89.2 Å². The Morgan fingerprint density at radius 3 is 2.39 bits per heavy atom. The van der Waals surface area contributed by atoms with Crippen molar-refractivity contribution in [1.82, 2.24) is 5.43 Å². The van der Waals surface area contributed by atoms with Gasteiger partial charge in [-0.1, -0.05) is 29.8 Å². The summed E-state index contributed by atoms with van der Waals surface area (Å²) in [6.07, 6.45) is 1.01. The highest BCUT2D eigenvalue weighted by atomic mass is 19.1. The molecule has 170 valence electrons. The van der Waals surface area contributed by atoms with Crippen LogP contribution in [0.15, 0.2) is 71.8 Å². The molecule has 33 heavy (non-hydrogen) atoms. The number of rotatable bonds is 9. The Bertz CT molecular complexity index is 1130. The average molecular weight is 449 g/mol. The minimum atomic E-state index is -0.587. The molecule has 2 amide bonds. The van der Waals surface area contributed by atoms with Gasteiger partial charge in [0.15, 0.2) is 11.5 Å². The van der Waals surface area contributed by atoms with Gasteiger partial charge in [0.2, 0.25) is 11.8 Å². The van der Waals surface area contributed by atoms with E-state index in [0.29, 0.717) is 29.4 Å². The molecule has 8 heteroatoms. The van der Waals surface area contributed by atoms with Crippen LogP contribution in [0.3, 0.4) is 0 Å². The summed E-state index contributed by atoms with van der Waals surface area (Å²) in [5, 5.41) is 6.38. The van der Waals surface area contributed by atoms with Gasteiger partial charge in [0.05, 0.1) is 13.3 Å². The number of benzene rings is 3. The number of hydrogen-bond acceptors (Lipinski definition) is 5. The first-order valence-corrected chi connectivity index (χ1v) is 10.2. The summed E-state index contributed by atoms with van der Waals surface area (Å²) in [4.78, 5) is 23.8. The topological polar surface area (TPSA) is 89.0 Å². The predicted octanol–water partition coefficient (Wildman–Crippen LogP) is 4.20. The normalized spacial score (nSPS) is 10.6. The smallest absolute Gasteiger partial charge is 0.249 e. The molecule has 0 aliphatic carbocycles. The Balaban J connectivity index is 1.50. The second kappa shape index (κ2) is 11.4. The minimum Gasteiger partial charge on any atom is -0.493 e. The zero-order chi connectivity index (χ0) is 23.6. The van der Waals surface area contributed by atoms with Crippen LogP contribution in [-0.2, 0) is 16.2 Å². The Kier molecular flexibility index (Phi) is 8.13. The zero-order valence-electron chi connectivity index (χ0n) is 18.3. The van der Waals surface area contributed by atoms with Gasteiger partial charge in [0, 0.05) is 5.69 Å². The number of hydrogen-bond donors (Lipinski definition) is 2. The third-order valence-electron chi connectivity index (χ3n) is 4.55. The van der Waals surface area contributed by atoms with E-state index in [0.717, 1.165) is 5.56 Å². The number of methoxy groups -OCH3 is 1. The third kappa shape index (κ3) is 7.46. The van der Waals surface area contributed by atoms with Crippen molar-refractivity contribution in [2.45, 2.75) is 20.0 Å². The second-order valence-corrected chi connectivity index (χ2v) is 7.21. The molecule has 0 atom stereocenters. The number of carbonyl (C=O) groups is 2. The number of nitrogens with one attached hydrogen (secondary N) is 2. The highest BCUT2D eigenvalue weighted by Crippen LogP contribution is 2.28. The molecule has 0 saturated carbocycles. The van der Waals surface area contributed by atoms with Gasteiger partial charge in [-0.3, -0.25) is 9.59 Å². The van der Waals surface area contributed by atoms with E-state index in [2.05, 4.69) is 15.8 Å². The molecule has 7 nitrogen and oxygen atoms in total. The lowest BCUT2D eigenvalue weighted by Gasteiger charge is -2.11. The highest BCUT2D eigenvalue weighted by molar-refractivity contribution is 6.03. The van der Waals surface area contributed by atoms with E-state index in [4.69, 9.17) is 9.47 Å². The summed E-state index contributed by atoms with van der Waals surface area (Å²) in [5.41, 5.74) is 5.59. The molecule has 0 aromatic heterocycles. The Morgan fingerprint density at radius 1 is 0.970 bits per heavy atom. The Morgan fingerprint density at radius 2 is 1.70 bits per heavy atom. The van der Waals surface area contributed by atoms with Crippen LogP contribution < -0.4 is 20.2 Å². The van der Waals surface area contributed by atoms with Crippen LogP contribution in [0.25, 0.3) is 0 Å². The van der Waals surface area contributed by atoms with Gasteiger partial charge in [0.1, 0.15) is 18.8 Å². The molecule has 0 aliphatic heterocycles. The summed E-state index contributed by atoms with van der Waals surface area (Å²) in [5.74, 6) is -0.433. The van der Waals surface area contributed by atoms with Crippen molar-refractivity contribution < 1.29 is 23.5 Å². The molecule has 0 unspecified atom stereocenters. The van der Waals surface area contributed by atoms with Gasteiger partial charge in [0.25, 0.3) is 0 Å². The highest BCUT2D eigenvalue weighted by Gasteiger charge is 2.09. The molecule has 3 rings (SSSR count). The summed E-state index contributed by atoms with van der Waals surface area (Å²) < 4.78 is 24.1. The monoisotopic (exact) mass is 449 g/mol. The lowest BCUT2D eigenvalue weighted by Crippen LogP contribution is -2.24. The average Bonchev–Trinajstić information content (AvgIpc) is 2.80. The number of amides is 2. The quantitative estimate of drug-likeness (QED) is 0.291. The van der Waals surface area contributed by atoms with E-state index in [-0.39, 0.29) is 0 Å². The van der Waals surface area contributed by atoms with Crippen LogP contribution in [0.1, 0.15) is 23.1 Å². The molecule has 0 spiro atoms. The van der Waals surface area contributed by atoms with E-state index in [1.54, 1.807) is 18.2 Å². The van der Waals surface area contributed by atoms with Crippen molar-refractivity contribution in [2.24, 2.45) is 5.10 Å². The number of aryl methyl sites for hydroxylation is 1. The Labute approximate surface area is 191 Å². The van der Waals surface area contributed by atoms with Crippen LogP contribution >= 0.6 is 0 Å².